The van der Waals surface area contributed by atoms with Crippen LogP contribution in [0.4, 0.5) is 5.82 Å². The summed E-state index contributed by atoms with van der Waals surface area (Å²) in [6.45, 7) is 6.10. The Hall–Kier alpha value is -3.26. The molecular weight excluding hydrogens is 420 g/mol. The minimum atomic E-state index is -0.0702. The molecule has 0 bridgehead atoms. The molecule has 1 aliphatic rings. The monoisotopic (exact) mass is 446 g/mol. The summed E-state index contributed by atoms with van der Waals surface area (Å²) >= 11 is 1.66. The lowest BCUT2D eigenvalue weighted by Crippen LogP contribution is -2.43. The van der Waals surface area contributed by atoms with Crippen LogP contribution in [-0.4, -0.2) is 39.0 Å². The van der Waals surface area contributed by atoms with Crippen molar-refractivity contribution in [2.75, 3.05) is 18.0 Å². The van der Waals surface area contributed by atoms with E-state index in [1.165, 1.54) is 4.88 Å². The predicted molar refractivity (Wildman–Crippen MR) is 127 cm³/mol. The number of piperidine rings is 1. The van der Waals surface area contributed by atoms with E-state index in [0.717, 1.165) is 53.2 Å². The third kappa shape index (κ3) is 3.86. The van der Waals surface area contributed by atoms with Crippen molar-refractivity contribution in [2.24, 2.45) is 5.92 Å². The van der Waals surface area contributed by atoms with Gasteiger partial charge in [0, 0.05) is 18.0 Å². The van der Waals surface area contributed by atoms with E-state index in [0.29, 0.717) is 13.1 Å². The van der Waals surface area contributed by atoms with E-state index >= 15 is 0 Å². The molecule has 1 atom stereocenters. The SMILES string of the molecule is Cc1nnc(N2CCC[C@H](C(=O)NCc3cccs3)C2)c2nn(-c3ccccc3)c(C)c12. The second kappa shape index (κ2) is 8.70. The Morgan fingerprint density at radius 2 is 2.00 bits per heavy atom. The quantitative estimate of drug-likeness (QED) is 0.501. The van der Waals surface area contributed by atoms with E-state index in [1.54, 1.807) is 11.3 Å². The zero-order valence-electron chi connectivity index (χ0n) is 18.3. The largest absolute Gasteiger partial charge is 0.352 e. The molecule has 4 heterocycles. The number of anilines is 1. The number of thiophene rings is 1. The Balaban J connectivity index is 1.42. The summed E-state index contributed by atoms with van der Waals surface area (Å²) in [6, 6.07) is 14.2. The summed E-state index contributed by atoms with van der Waals surface area (Å²) in [5, 5.41) is 20.1. The van der Waals surface area contributed by atoms with Gasteiger partial charge in [0.15, 0.2) is 5.82 Å². The number of benzene rings is 1. The van der Waals surface area contributed by atoms with Gasteiger partial charge in [-0.3, -0.25) is 4.79 Å². The molecule has 32 heavy (non-hydrogen) atoms. The number of amides is 1. The van der Waals surface area contributed by atoms with Crippen LogP contribution in [0, 0.1) is 19.8 Å². The van der Waals surface area contributed by atoms with Crippen LogP contribution in [0.2, 0.25) is 0 Å². The third-order valence-corrected chi connectivity index (χ3v) is 6.97. The number of nitrogens with one attached hydrogen (secondary N) is 1. The first-order valence-corrected chi connectivity index (χ1v) is 11.8. The molecule has 4 aromatic rings. The van der Waals surface area contributed by atoms with Crippen molar-refractivity contribution >= 4 is 34.0 Å². The molecule has 1 fully saturated rings. The lowest BCUT2D eigenvalue weighted by atomic mass is 9.97. The van der Waals surface area contributed by atoms with Gasteiger partial charge in [0.1, 0.15) is 5.52 Å². The zero-order valence-corrected chi connectivity index (χ0v) is 19.1. The highest BCUT2D eigenvalue weighted by Crippen LogP contribution is 2.31. The molecule has 1 aromatic carbocycles. The molecule has 7 nitrogen and oxygen atoms in total. The van der Waals surface area contributed by atoms with E-state index in [4.69, 9.17) is 5.10 Å². The number of hydrogen-bond donors (Lipinski definition) is 1. The first kappa shape index (κ1) is 20.6. The Kier molecular flexibility index (Phi) is 5.61. The van der Waals surface area contributed by atoms with Crippen LogP contribution < -0.4 is 10.2 Å². The van der Waals surface area contributed by atoms with Gasteiger partial charge in [0.2, 0.25) is 5.91 Å². The number of para-hydroxylation sites is 1. The highest BCUT2D eigenvalue weighted by molar-refractivity contribution is 7.09. The molecule has 1 amide bonds. The van der Waals surface area contributed by atoms with Gasteiger partial charge >= 0.3 is 0 Å². The van der Waals surface area contributed by atoms with Gasteiger partial charge in [-0.1, -0.05) is 24.3 Å². The number of carbonyl (C=O) groups excluding carboxylic acids is 1. The molecular formula is C24H26N6OS. The molecule has 8 heteroatoms. The Morgan fingerprint density at radius 3 is 2.78 bits per heavy atom. The van der Waals surface area contributed by atoms with E-state index < -0.39 is 0 Å². The maximum atomic E-state index is 12.8. The second-order valence-corrected chi connectivity index (χ2v) is 9.28. The minimum absolute atomic E-state index is 0.0702. The standard InChI is InChI=1S/C24H26N6OS/c1-16-21-17(2)30(19-9-4-3-5-10-19)28-22(21)23(27-26-16)29-12-6-8-18(15-29)24(31)25-14-20-11-7-13-32-20/h3-5,7,9-11,13,18H,6,8,12,14-15H2,1-2H3,(H,25,31)/t18-/m0/s1. The van der Waals surface area contributed by atoms with E-state index in [1.807, 2.05) is 59.5 Å². The molecule has 1 N–H and O–H groups in total. The molecule has 164 valence electrons. The van der Waals surface area contributed by atoms with Crippen molar-refractivity contribution < 1.29 is 4.79 Å². The van der Waals surface area contributed by atoms with Crippen molar-refractivity contribution in [1.82, 2.24) is 25.3 Å². The molecule has 5 rings (SSSR count). The maximum absolute atomic E-state index is 12.8. The summed E-state index contributed by atoms with van der Waals surface area (Å²) in [7, 11) is 0. The summed E-state index contributed by atoms with van der Waals surface area (Å²) in [5.41, 5.74) is 3.77. The molecule has 1 aliphatic heterocycles. The van der Waals surface area contributed by atoms with Crippen LogP contribution in [-0.2, 0) is 11.3 Å². The number of aromatic nitrogens is 4. The normalized spacial score (nSPS) is 16.4. The number of hydrogen-bond acceptors (Lipinski definition) is 6. The van der Waals surface area contributed by atoms with Crippen LogP contribution >= 0.6 is 11.3 Å². The first-order chi connectivity index (χ1) is 15.6. The fraction of sp³-hybridized carbons (Fsp3) is 0.333. The zero-order chi connectivity index (χ0) is 22.1. The van der Waals surface area contributed by atoms with Gasteiger partial charge in [-0.15, -0.1) is 16.4 Å². The second-order valence-electron chi connectivity index (χ2n) is 8.25. The molecule has 0 radical (unpaired) electrons. The fourth-order valence-corrected chi connectivity index (χ4v) is 5.11. The summed E-state index contributed by atoms with van der Waals surface area (Å²) in [6.07, 6.45) is 1.82. The highest BCUT2D eigenvalue weighted by Gasteiger charge is 2.29. The molecule has 0 spiro atoms. The summed E-state index contributed by atoms with van der Waals surface area (Å²) < 4.78 is 1.96. The van der Waals surface area contributed by atoms with Gasteiger partial charge in [-0.25, -0.2) is 4.68 Å². The highest BCUT2D eigenvalue weighted by atomic mass is 32.1. The van der Waals surface area contributed by atoms with Gasteiger partial charge in [0.25, 0.3) is 0 Å². The minimum Gasteiger partial charge on any atom is -0.352 e. The van der Waals surface area contributed by atoms with Crippen LogP contribution in [0.25, 0.3) is 16.6 Å². The van der Waals surface area contributed by atoms with Crippen LogP contribution in [0.15, 0.2) is 47.8 Å². The van der Waals surface area contributed by atoms with E-state index in [-0.39, 0.29) is 11.8 Å². The number of aryl methyl sites for hydroxylation is 2. The lowest BCUT2D eigenvalue weighted by Gasteiger charge is -2.32. The van der Waals surface area contributed by atoms with Crippen molar-refractivity contribution in [3.63, 3.8) is 0 Å². The predicted octanol–water partition coefficient (Wildman–Crippen LogP) is 4.03. The van der Waals surface area contributed by atoms with Crippen molar-refractivity contribution in [1.29, 1.82) is 0 Å². The van der Waals surface area contributed by atoms with Crippen molar-refractivity contribution in [3.05, 3.63) is 64.1 Å². The molecule has 3 aromatic heterocycles. The van der Waals surface area contributed by atoms with Gasteiger partial charge in [0.05, 0.1) is 34.9 Å². The third-order valence-electron chi connectivity index (χ3n) is 6.09. The number of rotatable bonds is 5. The van der Waals surface area contributed by atoms with Crippen LogP contribution in [0.3, 0.4) is 0 Å². The number of fused-ring (bicyclic) bond motifs is 1. The Morgan fingerprint density at radius 1 is 1.16 bits per heavy atom. The van der Waals surface area contributed by atoms with Crippen LogP contribution in [0.1, 0.15) is 29.1 Å². The maximum Gasteiger partial charge on any atom is 0.225 e. The van der Waals surface area contributed by atoms with Gasteiger partial charge < -0.3 is 10.2 Å². The average Bonchev–Trinajstić information content (AvgIpc) is 3.47. The number of nitrogens with zero attached hydrogens (tertiary/aromatic N) is 5. The summed E-state index contributed by atoms with van der Waals surface area (Å²) in [5.74, 6) is 0.795. The van der Waals surface area contributed by atoms with Gasteiger partial charge in [-0.05, 0) is 50.3 Å². The Labute approximate surface area is 191 Å². The topological polar surface area (TPSA) is 75.9 Å². The Bertz CT molecular complexity index is 1230. The summed E-state index contributed by atoms with van der Waals surface area (Å²) in [4.78, 5) is 16.2. The smallest absolute Gasteiger partial charge is 0.225 e. The first-order valence-electron chi connectivity index (χ1n) is 10.9. The van der Waals surface area contributed by atoms with Gasteiger partial charge in [-0.2, -0.15) is 10.2 Å². The lowest BCUT2D eigenvalue weighted by molar-refractivity contribution is -0.125. The fourth-order valence-electron chi connectivity index (χ4n) is 4.46. The molecule has 0 aliphatic carbocycles. The molecule has 1 saturated heterocycles. The molecule has 0 saturated carbocycles. The van der Waals surface area contributed by atoms with Crippen molar-refractivity contribution in [3.8, 4) is 5.69 Å². The average molecular weight is 447 g/mol. The van der Waals surface area contributed by atoms with Crippen molar-refractivity contribution in [2.45, 2.75) is 33.2 Å². The number of carbonyl (C=O) groups is 1. The molecule has 0 unspecified atom stereocenters. The van der Waals surface area contributed by atoms with Crippen LogP contribution in [0.5, 0.6) is 0 Å². The van der Waals surface area contributed by atoms with E-state index in [2.05, 4.69) is 27.3 Å². The van der Waals surface area contributed by atoms with E-state index in [9.17, 15) is 4.79 Å².